The first kappa shape index (κ1) is 15.8. The summed E-state index contributed by atoms with van der Waals surface area (Å²) >= 11 is 0. The highest BCUT2D eigenvalue weighted by atomic mass is 32.2. The minimum Gasteiger partial charge on any atom is -0.408 e. The molecule has 3 rings (SSSR count). The third-order valence-electron chi connectivity index (χ3n) is 4.09. The van der Waals surface area contributed by atoms with Crippen LogP contribution in [-0.2, 0) is 21.9 Å². The second-order valence-electron chi connectivity index (χ2n) is 5.47. The second kappa shape index (κ2) is 5.50. The quantitative estimate of drug-likeness (QED) is 0.767. The predicted molar refractivity (Wildman–Crippen MR) is 82.5 cm³/mol. The maximum atomic E-state index is 12.7. The van der Waals surface area contributed by atoms with Gasteiger partial charge in [-0.1, -0.05) is 0 Å². The molecule has 0 saturated carbocycles. The van der Waals surface area contributed by atoms with Crippen LogP contribution in [0.5, 0.6) is 0 Å². The van der Waals surface area contributed by atoms with Crippen LogP contribution < -0.4 is 5.76 Å². The fourth-order valence-electron chi connectivity index (χ4n) is 2.67. The molecule has 8 nitrogen and oxygen atoms in total. The maximum Gasteiger partial charge on any atom is 0.419 e. The van der Waals surface area contributed by atoms with Gasteiger partial charge in [0.05, 0.1) is 10.4 Å². The molecule has 2 heterocycles. The number of hydrogen-bond donors (Lipinski definition) is 0. The second-order valence-corrected chi connectivity index (χ2v) is 7.40. The van der Waals surface area contributed by atoms with Gasteiger partial charge in [-0.25, -0.2) is 13.2 Å². The van der Waals surface area contributed by atoms with Crippen LogP contribution in [-0.4, -0.2) is 54.3 Å². The van der Waals surface area contributed by atoms with Gasteiger partial charge in [0.15, 0.2) is 5.58 Å². The third-order valence-corrected chi connectivity index (χ3v) is 5.98. The zero-order valence-corrected chi connectivity index (χ0v) is 13.7. The van der Waals surface area contributed by atoms with Crippen molar-refractivity contribution in [1.82, 2.24) is 13.8 Å². The van der Waals surface area contributed by atoms with Gasteiger partial charge in [-0.15, -0.1) is 0 Å². The number of rotatable bonds is 2. The van der Waals surface area contributed by atoms with Gasteiger partial charge < -0.3 is 9.32 Å². The van der Waals surface area contributed by atoms with Gasteiger partial charge >= 0.3 is 5.76 Å². The van der Waals surface area contributed by atoms with E-state index in [1.54, 1.807) is 18.0 Å². The summed E-state index contributed by atoms with van der Waals surface area (Å²) in [5.41, 5.74) is 0.774. The van der Waals surface area contributed by atoms with Crippen LogP contribution >= 0.6 is 0 Å². The lowest BCUT2D eigenvalue weighted by Crippen LogP contribution is -2.49. The van der Waals surface area contributed by atoms with Crippen molar-refractivity contribution in [2.45, 2.75) is 11.8 Å². The maximum absolute atomic E-state index is 12.7. The third kappa shape index (κ3) is 2.66. The van der Waals surface area contributed by atoms with Gasteiger partial charge in [0.2, 0.25) is 15.9 Å². The molecule has 1 saturated heterocycles. The Morgan fingerprint density at radius 2 is 1.83 bits per heavy atom. The summed E-state index contributed by atoms with van der Waals surface area (Å²) < 4.78 is 33.1. The van der Waals surface area contributed by atoms with Crippen molar-refractivity contribution >= 4 is 27.0 Å². The summed E-state index contributed by atoms with van der Waals surface area (Å²) in [7, 11) is -2.12. The molecule has 124 valence electrons. The molecule has 0 aliphatic carbocycles. The lowest BCUT2D eigenvalue weighted by molar-refractivity contribution is -0.129. The van der Waals surface area contributed by atoms with E-state index in [0.717, 1.165) is 0 Å². The molecule has 0 spiro atoms. The first-order chi connectivity index (χ1) is 10.8. The average molecular weight is 339 g/mol. The topological polar surface area (TPSA) is 92.8 Å². The van der Waals surface area contributed by atoms with E-state index in [9.17, 15) is 18.0 Å². The Bertz CT molecular complexity index is 920. The average Bonchev–Trinajstić information content (AvgIpc) is 2.81. The molecular weight excluding hydrogens is 322 g/mol. The van der Waals surface area contributed by atoms with E-state index < -0.39 is 15.8 Å². The van der Waals surface area contributed by atoms with Crippen LogP contribution in [0, 0.1) is 0 Å². The molecule has 2 aromatic rings. The van der Waals surface area contributed by atoms with Crippen LogP contribution in [0.25, 0.3) is 11.1 Å². The summed E-state index contributed by atoms with van der Waals surface area (Å²) in [5.74, 6) is -0.598. The van der Waals surface area contributed by atoms with Gasteiger partial charge in [-0.05, 0) is 12.1 Å². The van der Waals surface area contributed by atoms with Crippen LogP contribution in [0.4, 0.5) is 0 Å². The minimum atomic E-state index is -3.68. The Balaban J connectivity index is 1.91. The zero-order chi connectivity index (χ0) is 16.8. The number of carbonyl (C=O) groups is 1. The predicted octanol–water partition coefficient (Wildman–Crippen LogP) is -0.0157. The summed E-state index contributed by atoms with van der Waals surface area (Å²) in [6, 6.07) is 4.38. The minimum absolute atomic E-state index is 0.0606. The van der Waals surface area contributed by atoms with Crippen LogP contribution in [0.15, 0.2) is 32.3 Å². The van der Waals surface area contributed by atoms with E-state index in [4.69, 9.17) is 4.42 Å². The highest BCUT2D eigenvalue weighted by Crippen LogP contribution is 2.22. The Morgan fingerprint density at radius 3 is 2.43 bits per heavy atom. The number of hydrogen-bond acceptors (Lipinski definition) is 5. The fraction of sp³-hybridized carbons (Fsp3) is 0.429. The van der Waals surface area contributed by atoms with Crippen molar-refractivity contribution in [1.29, 1.82) is 0 Å². The van der Waals surface area contributed by atoms with Gasteiger partial charge in [0, 0.05) is 46.2 Å². The number of carbonyl (C=O) groups excluding carboxylic acids is 1. The summed E-state index contributed by atoms with van der Waals surface area (Å²) in [6.45, 7) is 2.71. The van der Waals surface area contributed by atoms with E-state index >= 15 is 0 Å². The van der Waals surface area contributed by atoms with E-state index in [2.05, 4.69) is 0 Å². The summed E-state index contributed by atoms with van der Waals surface area (Å²) in [4.78, 5) is 24.5. The van der Waals surface area contributed by atoms with Crippen LogP contribution in [0.2, 0.25) is 0 Å². The molecule has 23 heavy (non-hydrogen) atoms. The standard InChI is InChI=1S/C14H17N3O5S/c1-10(18)16-5-7-17(8-6-16)23(20,21)11-3-4-12-13(9-11)22-14(19)15(12)2/h3-4,9H,5-8H2,1-2H3. The van der Waals surface area contributed by atoms with Crippen molar-refractivity contribution in [2.75, 3.05) is 26.2 Å². The molecule has 1 amide bonds. The number of aromatic nitrogens is 1. The SMILES string of the molecule is CC(=O)N1CCN(S(=O)(=O)c2ccc3c(c2)oc(=O)n3C)CC1. The Labute approximate surface area is 132 Å². The van der Waals surface area contributed by atoms with Crippen molar-refractivity contribution in [3.05, 3.63) is 28.7 Å². The first-order valence-electron chi connectivity index (χ1n) is 7.16. The number of sulfonamides is 1. The largest absolute Gasteiger partial charge is 0.419 e. The lowest BCUT2D eigenvalue weighted by atomic mass is 10.3. The van der Waals surface area contributed by atoms with Gasteiger partial charge in [0.1, 0.15) is 0 Å². The first-order valence-corrected chi connectivity index (χ1v) is 8.60. The smallest absolute Gasteiger partial charge is 0.408 e. The Morgan fingerprint density at radius 1 is 1.17 bits per heavy atom. The van der Waals surface area contributed by atoms with Gasteiger partial charge in [-0.3, -0.25) is 9.36 Å². The fourth-order valence-corrected chi connectivity index (χ4v) is 4.11. The molecule has 1 aromatic heterocycles. The molecule has 0 radical (unpaired) electrons. The van der Waals surface area contributed by atoms with Crippen LogP contribution in [0.3, 0.4) is 0 Å². The van der Waals surface area contributed by atoms with Crippen molar-refractivity contribution < 1.29 is 17.6 Å². The molecule has 1 fully saturated rings. The van der Waals surface area contributed by atoms with Crippen molar-refractivity contribution in [3.8, 4) is 0 Å². The van der Waals surface area contributed by atoms with E-state index in [1.807, 2.05) is 0 Å². The number of fused-ring (bicyclic) bond motifs is 1. The Kier molecular flexibility index (Phi) is 3.77. The normalized spacial score (nSPS) is 16.9. The molecule has 1 aliphatic heterocycles. The molecule has 1 aromatic carbocycles. The number of amides is 1. The highest BCUT2D eigenvalue weighted by molar-refractivity contribution is 7.89. The Hall–Kier alpha value is -2.13. The van der Waals surface area contributed by atoms with Crippen molar-refractivity contribution in [2.24, 2.45) is 7.05 Å². The van der Waals surface area contributed by atoms with E-state index in [0.29, 0.717) is 18.6 Å². The van der Waals surface area contributed by atoms with Crippen LogP contribution in [0.1, 0.15) is 6.92 Å². The summed E-state index contributed by atoms with van der Waals surface area (Å²) in [5, 5.41) is 0. The summed E-state index contributed by atoms with van der Waals surface area (Å²) in [6.07, 6.45) is 0. The molecule has 0 N–H and O–H groups in total. The number of piperazine rings is 1. The number of aryl methyl sites for hydroxylation is 1. The molecule has 0 bridgehead atoms. The van der Waals surface area contributed by atoms with Crippen molar-refractivity contribution in [3.63, 3.8) is 0 Å². The molecule has 1 aliphatic rings. The molecular formula is C14H17N3O5S. The van der Waals surface area contributed by atoms with Gasteiger partial charge in [-0.2, -0.15) is 4.31 Å². The van der Waals surface area contributed by atoms with E-state index in [1.165, 1.54) is 27.9 Å². The molecule has 9 heteroatoms. The number of nitrogens with zero attached hydrogens (tertiary/aromatic N) is 3. The number of benzene rings is 1. The van der Waals surface area contributed by atoms with Gasteiger partial charge in [0.25, 0.3) is 0 Å². The van der Waals surface area contributed by atoms with E-state index in [-0.39, 0.29) is 29.5 Å². The monoisotopic (exact) mass is 339 g/mol. The number of oxazole rings is 1. The molecule has 0 atom stereocenters. The zero-order valence-electron chi connectivity index (χ0n) is 12.9. The molecule has 0 unspecified atom stereocenters. The lowest BCUT2D eigenvalue weighted by Gasteiger charge is -2.33. The highest BCUT2D eigenvalue weighted by Gasteiger charge is 2.29.